The number of nitrogens with one attached hydrogen (secondary N) is 1. The number of rotatable bonds is 5. The van der Waals surface area contributed by atoms with Crippen molar-refractivity contribution in [2.24, 2.45) is 0 Å². The number of carboxylic acids is 1. The molecule has 0 aliphatic carbocycles. The molecule has 1 heterocycles. The number of aromatic amines is 1. The van der Waals surface area contributed by atoms with E-state index in [-0.39, 0.29) is 5.56 Å². The highest BCUT2D eigenvalue weighted by Crippen LogP contribution is 2.41. The molecule has 2 N–H and O–H groups in total. The summed E-state index contributed by atoms with van der Waals surface area (Å²) in [5.74, 6) is 0.424. The lowest BCUT2D eigenvalue weighted by molar-refractivity contribution is 0.0699. The molecule has 7 heteroatoms. The largest absolute Gasteiger partial charge is 0.493 e. The van der Waals surface area contributed by atoms with Crippen LogP contribution in [0.2, 0.25) is 0 Å². The molecule has 3 aromatic rings. The molecule has 1 aromatic heterocycles. The summed E-state index contributed by atoms with van der Waals surface area (Å²) in [6.07, 6.45) is 1.47. The van der Waals surface area contributed by atoms with Gasteiger partial charge in [0.15, 0.2) is 11.5 Å². The fourth-order valence-corrected chi connectivity index (χ4v) is 2.63. The molecule has 124 valence electrons. The molecule has 0 fully saturated rings. The number of hydrogen-bond donors (Lipinski definition) is 2. The average molecular weight is 328 g/mol. The maximum absolute atomic E-state index is 11.5. The lowest BCUT2D eigenvalue weighted by atomic mass is 10.0. The third-order valence-electron chi connectivity index (χ3n) is 3.75. The molecular weight excluding hydrogens is 312 g/mol. The van der Waals surface area contributed by atoms with Crippen LogP contribution in [0.1, 0.15) is 10.4 Å². The Bertz CT molecular complexity index is 891. The van der Waals surface area contributed by atoms with E-state index >= 15 is 0 Å². The van der Waals surface area contributed by atoms with E-state index in [0.29, 0.717) is 33.8 Å². The van der Waals surface area contributed by atoms with Crippen LogP contribution in [0.4, 0.5) is 0 Å². The molecule has 3 rings (SSSR count). The third-order valence-corrected chi connectivity index (χ3v) is 3.75. The Kier molecular flexibility index (Phi) is 3.99. The topological polar surface area (TPSA) is 93.7 Å². The number of carboxylic acid groups (broad SMARTS) is 1. The first-order valence-electron chi connectivity index (χ1n) is 7.09. The van der Waals surface area contributed by atoms with Gasteiger partial charge in [0.2, 0.25) is 5.75 Å². The Morgan fingerprint density at radius 3 is 2.17 bits per heavy atom. The Labute approximate surface area is 137 Å². The molecule has 24 heavy (non-hydrogen) atoms. The van der Waals surface area contributed by atoms with E-state index in [1.807, 2.05) is 6.07 Å². The number of aromatic carboxylic acids is 1. The van der Waals surface area contributed by atoms with Gasteiger partial charge in [0.05, 0.1) is 38.7 Å². The number of nitrogens with zero attached hydrogens (tertiary/aromatic N) is 1. The predicted octanol–water partition coefficient (Wildman–Crippen LogP) is 2.95. The lowest BCUT2D eigenvalue weighted by Gasteiger charge is -2.14. The molecule has 0 bridgehead atoms. The second-order valence-electron chi connectivity index (χ2n) is 5.04. The van der Waals surface area contributed by atoms with Crippen molar-refractivity contribution in [2.45, 2.75) is 0 Å². The molecule has 0 saturated carbocycles. The molecule has 0 atom stereocenters. The van der Waals surface area contributed by atoms with E-state index in [2.05, 4.69) is 9.97 Å². The van der Waals surface area contributed by atoms with Crippen LogP contribution in [0.15, 0.2) is 30.6 Å². The predicted molar refractivity (Wildman–Crippen MR) is 88.1 cm³/mol. The molecule has 0 aliphatic rings. The lowest BCUT2D eigenvalue weighted by Crippen LogP contribution is -1.99. The van der Waals surface area contributed by atoms with Crippen LogP contribution in [0.5, 0.6) is 17.2 Å². The summed E-state index contributed by atoms with van der Waals surface area (Å²) in [5, 5.41) is 9.43. The number of benzene rings is 2. The minimum absolute atomic E-state index is 0.123. The molecule has 7 nitrogen and oxygen atoms in total. The highest BCUT2D eigenvalue weighted by atomic mass is 16.5. The Morgan fingerprint density at radius 1 is 1.00 bits per heavy atom. The molecule has 0 unspecified atom stereocenters. The first-order valence-corrected chi connectivity index (χ1v) is 7.09. The number of fused-ring (bicyclic) bond motifs is 1. The maximum atomic E-state index is 11.5. The number of H-pyrrole nitrogens is 1. The highest BCUT2D eigenvalue weighted by Gasteiger charge is 2.17. The molecule has 2 aromatic carbocycles. The fourth-order valence-electron chi connectivity index (χ4n) is 2.63. The van der Waals surface area contributed by atoms with E-state index in [0.717, 1.165) is 5.56 Å². The van der Waals surface area contributed by atoms with Gasteiger partial charge in [-0.2, -0.15) is 0 Å². The Balaban J connectivity index is 2.25. The van der Waals surface area contributed by atoms with Crippen molar-refractivity contribution in [2.75, 3.05) is 21.3 Å². The molecule has 0 spiro atoms. The Morgan fingerprint density at radius 2 is 1.62 bits per heavy atom. The van der Waals surface area contributed by atoms with Crippen LogP contribution in [0.3, 0.4) is 0 Å². The van der Waals surface area contributed by atoms with Crippen molar-refractivity contribution >= 4 is 17.0 Å². The fraction of sp³-hybridized carbons (Fsp3) is 0.176. The van der Waals surface area contributed by atoms with E-state index in [9.17, 15) is 9.90 Å². The standard InChI is InChI=1S/C17H16N2O5/c1-22-13-6-10(7-14(23-2)16(13)24-3)9-4-11(17(20)21)15-12(5-9)18-8-19-15/h4-8H,1-3H3,(H,18,19)(H,20,21). The third kappa shape index (κ3) is 2.50. The summed E-state index contributed by atoms with van der Waals surface area (Å²) in [5.41, 5.74) is 2.61. The number of ether oxygens (including phenoxy) is 3. The smallest absolute Gasteiger partial charge is 0.337 e. The maximum Gasteiger partial charge on any atom is 0.337 e. The van der Waals surface area contributed by atoms with Gasteiger partial charge >= 0.3 is 5.97 Å². The van der Waals surface area contributed by atoms with Gasteiger partial charge in [0, 0.05) is 0 Å². The summed E-state index contributed by atoms with van der Waals surface area (Å²) >= 11 is 0. The van der Waals surface area contributed by atoms with Crippen molar-refractivity contribution < 1.29 is 24.1 Å². The van der Waals surface area contributed by atoms with E-state index in [1.54, 1.807) is 18.2 Å². The van der Waals surface area contributed by atoms with Gasteiger partial charge in [-0.05, 0) is 35.4 Å². The summed E-state index contributed by atoms with van der Waals surface area (Å²) < 4.78 is 16.0. The monoisotopic (exact) mass is 328 g/mol. The zero-order valence-electron chi connectivity index (χ0n) is 13.4. The van der Waals surface area contributed by atoms with Gasteiger partial charge in [-0.3, -0.25) is 0 Å². The van der Waals surface area contributed by atoms with Crippen LogP contribution in [-0.2, 0) is 0 Å². The minimum atomic E-state index is -1.04. The van der Waals surface area contributed by atoms with Gasteiger partial charge in [-0.25, -0.2) is 9.78 Å². The van der Waals surface area contributed by atoms with Gasteiger partial charge in [0.1, 0.15) is 5.52 Å². The van der Waals surface area contributed by atoms with Crippen LogP contribution < -0.4 is 14.2 Å². The number of imidazole rings is 1. The van der Waals surface area contributed by atoms with Crippen molar-refractivity contribution in [3.05, 3.63) is 36.2 Å². The van der Waals surface area contributed by atoms with Gasteiger partial charge < -0.3 is 24.3 Å². The van der Waals surface area contributed by atoms with Crippen molar-refractivity contribution in [3.8, 4) is 28.4 Å². The number of aromatic nitrogens is 2. The van der Waals surface area contributed by atoms with Gasteiger partial charge in [0.25, 0.3) is 0 Å². The SMILES string of the molecule is COc1cc(-c2cc(C(=O)O)c3nc[nH]c3c2)cc(OC)c1OC. The van der Waals surface area contributed by atoms with Crippen molar-refractivity contribution in [1.82, 2.24) is 9.97 Å². The first-order chi connectivity index (χ1) is 11.6. The van der Waals surface area contributed by atoms with Gasteiger partial charge in [-0.15, -0.1) is 0 Å². The van der Waals surface area contributed by atoms with E-state index in [4.69, 9.17) is 14.2 Å². The summed E-state index contributed by atoms with van der Waals surface area (Å²) in [6, 6.07) is 6.94. The second-order valence-corrected chi connectivity index (χ2v) is 5.04. The van der Waals surface area contributed by atoms with Crippen molar-refractivity contribution in [1.29, 1.82) is 0 Å². The molecule has 0 radical (unpaired) electrons. The van der Waals surface area contributed by atoms with Crippen LogP contribution in [0, 0.1) is 0 Å². The zero-order valence-corrected chi connectivity index (χ0v) is 13.4. The van der Waals surface area contributed by atoms with E-state index in [1.165, 1.54) is 27.7 Å². The van der Waals surface area contributed by atoms with Crippen LogP contribution in [-0.4, -0.2) is 42.4 Å². The summed E-state index contributed by atoms with van der Waals surface area (Å²) in [4.78, 5) is 18.5. The summed E-state index contributed by atoms with van der Waals surface area (Å²) in [7, 11) is 4.59. The van der Waals surface area contributed by atoms with Crippen LogP contribution in [0.25, 0.3) is 22.2 Å². The highest BCUT2D eigenvalue weighted by molar-refractivity contribution is 6.03. The molecule has 0 saturated heterocycles. The molecule has 0 amide bonds. The summed E-state index contributed by atoms with van der Waals surface area (Å²) in [6.45, 7) is 0. The zero-order chi connectivity index (χ0) is 17.3. The van der Waals surface area contributed by atoms with Crippen LogP contribution >= 0.6 is 0 Å². The van der Waals surface area contributed by atoms with Gasteiger partial charge in [-0.1, -0.05) is 0 Å². The number of carbonyl (C=O) groups is 1. The normalized spacial score (nSPS) is 10.6. The van der Waals surface area contributed by atoms with Crippen molar-refractivity contribution in [3.63, 3.8) is 0 Å². The quantitative estimate of drug-likeness (QED) is 0.748. The number of methoxy groups -OCH3 is 3. The second kappa shape index (κ2) is 6.11. The average Bonchev–Trinajstić information content (AvgIpc) is 3.07. The minimum Gasteiger partial charge on any atom is -0.493 e. The Hall–Kier alpha value is -3.22. The molecule has 0 aliphatic heterocycles. The molecular formula is C17H16N2O5. The number of hydrogen-bond acceptors (Lipinski definition) is 5. The first kappa shape index (κ1) is 15.7. The van der Waals surface area contributed by atoms with E-state index < -0.39 is 5.97 Å².